The van der Waals surface area contributed by atoms with Gasteiger partial charge in [-0.05, 0) is 44.6 Å². The van der Waals surface area contributed by atoms with Gasteiger partial charge < -0.3 is 14.4 Å². The van der Waals surface area contributed by atoms with Crippen LogP contribution >= 0.6 is 0 Å². The number of sulfone groups is 1. The van der Waals surface area contributed by atoms with Crippen LogP contribution in [0.3, 0.4) is 0 Å². The van der Waals surface area contributed by atoms with Crippen molar-refractivity contribution >= 4 is 9.84 Å². The Morgan fingerprint density at radius 3 is 2.81 bits per heavy atom. The zero-order valence-corrected chi connectivity index (χ0v) is 16.5. The number of aliphatic hydroxyl groups excluding tert-OH is 1. The lowest BCUT2D eigenvalue weighted by molar-refractivity contribution is 0.108. The van der Waals surface area contributed by atoms with Crippen molar-refractivity contribution in [1.82, 2.24) is 14.5 Å². The van der Waals surface area contributed by atoms with Gasteiger partial charge in [-0.3, -0.25) is 4.90 Å². The van der Waals surface area contributed by atoms with Crippen molar-refractivity contribution in [1.29, 1.82) is 0 Å². The largest absolute Gasteiger partial charge is 0.396 e. The molecular formula is C18H31N3O4S. The molecule has 26 heavy (non-hydrogen) atoms. The minimum absolute atomic E-state index is 0.186. The normalized spacial score (nSPS) is 22.0. The van der Waals surface area contributed by atoms with Crippen LogP contribution in [-0.2, 0) is 27.7 Å². The summed E-state index contributed by atoms with van der Waals surface area (Å²) < 4.78 is 32.6. The lowest BCUT2D eigenvalue weighted by Crippen LogP contribution is -2.40. The van der Waals surface area contributed by atoms with Gasteiger partial charge >= 0.3 is 0 Å². The quantitative estimate of drug-likeness (QED) is 0.656. The van der Waals surface area contributed by atoms with Gasteiger partial charge in [0.1, 0.15) is 0 Å². The molecule has 7 nitrogen and oxygen atoms in total. The Hall–Kier alpha value is -0.960. The van der Waals surface area contributed by atoms with Crippen molar-refractivity contribution in [3.8, 4) is 0 Å². The van der Waals surface area contributed by atoms with E-state index in [1.807, 2.05) is 4.57 Å². The van der Waals surface area contributed by atoms with Crippen LogP contribution in [0.15, 0.2) is 11.4 Å². The summed E-state index contributed by atoms with van der Waals surface area (Å²) in [5.41, 5.74) is 0.918. The highest BCUT2D eigenvalue weighted by atomic mass is 32.2. The number of rotatable bonds is 10. The second-order valence-corrected chi connectivity index (χ2v) is 9.46. The Bertz CT molecular complexity index is 683. The highest BCUT2D eigenvalue weighted by Gasteiger charge is 2.33. The molecule has 1 aliphatic heterocycles. The number of hydrogen-bond acceptors (Lipinski definition) is 6. The van der Waals surface area contributed by atoms with Crippen molar-refractivity contribution in [3.05, 3.63) is 11.9 Å². The predicted octanol–water partition coefficient (Wildman–Crippen LogP) is 1.45. The molecule has 0 radical (unpaired) electrons. The molecular weight excluding hydrogens is 354 g/mol. The molecule has 1 aromatic rings. The highest BCUT2D eigenvalue weighted by Crippen LogP contribution is 2.32. The van der Waals surface area contributed by atoms with E-state index in [0.717, 1.165) is 44.3 Å². The van der Waals surface area contributed by atoms with Gasteiger partial charge in [0.2, 0.25) is 15.0 Å². The van der Waals surface area contributed by atoms with Crippen LogP contribution in [-0.4, -0.2) is 66.6 Å². The highest BCUT2D eigenvalue weighted by molar-refractivity contribution is 7.91. The zero-order chi connectivity index (χ0) is 18.6. The molecule has 2 fully saturated rings. The minimum atomic E-state index is -3.36. The van der Waals surface area contributed by atoms with Gasteiger partial charge in [0, 0.05) is 32.8 Å². The van der Waals surface area contributed by atoms with E-state index in [0.29, 0.717) is 31.7 Å². The summed E-state index contributed by atoms with van der Waals surface area (Å²) in [7, 11) is -1.74. The summed E-state index contributed by atoms with van der Waals surface area (Å²) >= 11 is 0. The molecule has 3 rings (SSSR count). The predicted molar refractivity (Wildman–Crippen MR) is 98.6 cm³/mol. The van der Waals surface area contributed by atoms with Crippen LogP contribution in [0.4, 0.5) is 0 Å². The molecule has 1 saturated heterocycles. The Balaban J connectivity index is 1.81. The maximum absolute atomic E-state index is 12.8. The number of hydrogen-bond donors (Lipinski definition) is 1. The number of ether oxygens (including phenoxy) is 1. The molecule has 0 bridgehead atoms. The second-order valence-electron chi connectivity index (χ2n) is 7.53. The fourth-order valence-corrected chi connectivity index (χ4v) is 5.67. The summed E-state index contributed by atoms with van der Waals surface area (Å²) in [4.78, 5) is 6.66. The van der Waals surface area contributed by atoms with E-state index in [9.17, 15) is 13.5 Å². The lowest BCUT2D eigenvalue weighted by atomic mass is 9.99. The number of aromatic nitrogens is 2. The van der Waals surface area contributed by atoms with Crippen LogP contribution < -0.4 is 0 Å². The molecule has 1 aromatic heterocycles. The van der Waals surface area contributed by atoms with Crippen LogP contribution in [0.1, 0.15) is 44.2 Å². The summed E-state index contributed by atoms with van der Waals surface area (Å²) in [6, 6.07) is 0.353. The van der Waals surface area contributed by atoms with Gasteiger partial charge in [-0.15, -0.1) is 0 Å². The SMILES string of the molecule is COCCn1c(CN2CCCC[C@@H]2CCO)cnc1S(=O)(=O)CC1CC1. The van der Waals surface area contributed by atoms with E-state index in [4.69, 9.17) is 4.74 Å². The molecule has 2 heterocycles. The van der Waals surface area contributed by atoms with Gasteiger partial charge in [-0.25, -0.2) is 13.4 Å². The molecule has 8 heteroatoms. The third kappa shape index (κ3) is 4.85. The topological polar surface area (TPSA) is 84.7 Å². The maximum atomic E-state index is 12.8. The minimum Gasteiger partial charge on any atom is -0.396 e. The van der Waals surface area contributed by atoms with Gasteiger partial charge in [0.15, 0.2) is 0 Å². The Kier molecular flexibility index (Phi) is 6.71. The lowest BCUT2D eigenvalue weighted by Gasteiger charge is -2.35. The molecule has 2 aliphatic rings. The van der Waals surface area contributed by atoms with Gasteiger partial charge in [-0.2, -0.15) is 0 Å². The molecule has 0 aromatic carbocycles. The fraction of sp³-hybridized carbons (Fsp3) is 0.833. The first-order valence-electron chi connectivity index (χ1n) is 9.66. The van der Waals surface area contributed by atoms with Crippen LogP contribution in [0.25, 0.3) is 0 Å². The van der Waals surface area contributed by atoms with E-state index in [1.54, 1.807) is 13.3 Å². The smallest absolute Gasteiger partial charge is 0.227 e. The average molecular weight is 386 g/mol. The van der Waals surface area contributed by atoms with E-state index >= 15 is 0 Å². The summed E-state index contributed by atoms with van der Waals surface area (Å²) in [6.07, 6.45) is 7.88. The standard InChI is InChI=1S/C18H31N3O4S/c1-25-11-9-21-17(13-20-8-3-2-4-16(20)7-10-22)12-19-18(21)26(23,24)14-15-5-6-15/h12,15-16,22H,2-11,13-14H2,1H3/t16-/m1/s1. The van der Waals surface area contributed by atoms with Crippen LogP contribution in [0, 0.1) is 5.92 Å². The molecule has 1 N–H and O–H groups in total. The number of likely N-dealkylation sites (tertiary alicyclic amines) is 1. The summed E-state index contributed by atoms with van der Waals surface area (Å²) in [5, 5.41) is 9.52. The van der Waals surface area contributed by atoms with Crippen molar-refractivity contribution in [2.75, 3.05) is 32.6 Å². The van der Waals surface area contributed by atoms with E-state index in [2.05, 4.69) is 9.88 Å². The summed E-state index contributed by atoms with van der Waals surface area (Å²) in [5.74, 6) is 0.500. The maximum Gasteiger partial charge on any atom is 0.227 e. The third-order valence-corrected chi connectivity index (χ3v) is 7.22. The molecule has 1 saturated carbocycles. The first-order chi connectivity index (χ1) is 12.5. The number of methoxy groups -OCH3 is 1. The number of imidazole rings is 1. The number of piperidine rings is 1. The van der Waals surface area contributed by atoms with Crippen molar-refractivity contribution in [3.63, 3.8) is 0 Å². The zero-order valence-electron chi connectivity index (χ0n) is 15.6. The van der Waals surface area contributed by atoms with E-state index in [1.165, 1.54) is 6.42 Å². The molecule has 1 aliphatic carbocycles. The molecule has 0 unspecified atom stereocenters. The van der Waals surface area contributed by atoms with Crippen molar-refractivity contribution in [2.24, 2.45) is 5.92 Å². The molecule has 148 valence electrons. The average Bonchev–Trinajstić information content (AvgIpc) is 3.32. The monoisotopic (exact) mass is 385 g/mol. The molecule has 0 amide bonds. The molecule has 0 spiro atoms. The van der Waals surface area contributed by atoms with Crippen molar-refractivity contribution in [2.45, 2.75) is 62.8 Å². The molecule has 1 atom stereocenters. The Morgan fingerprint density at radius 2 is 2.12 bits per heavy atom. The van der Waals surface area contributed by atoms with Gasteiger partial charge in [0.05, 0.1) is 24.3 Å². The van der Waals surface area contributed by atoms with Crippen molar-refractivity contribution < 1.29 is 18.3 Å². The first kappa shape index (κ1) is 19.8. The first-order valence-corrected chi connectivity index (χ1v) is 11.3. The van der Waals surface area contributed by atoms with Crippen LogP contribution in [0.5, 0.6) is 0 Å². The van der Waals surface area contributed by atoms with Gasteiger partial charge in [-0.1, -0.05) is 6.42 Å². The second kappa shape index (κ2) is 8.82. The van der Waals surface area contributed by atoms with E-state index < -0.39 is 9.84 Å². The third-order valence-electron chi connectivity index (χ3n) is 5.43. The fourth-order valence-electron chi connectivity index (χ4n) is 3.81. The summed E-state index contributed by atoms with van der Waals surface area (Å²) in [6.45, 7) is 2.77. The van der Waals surface area contributed by atoms with E-state index in [-0.39, 0.29) is 17.5 Å². The Morgan fingerprint density at radius 1 is 1.31 bits per heavy atom. The Labute approximate surface area is 156 Å². The number of aliphatic hydroxyl groups is 1. The van der Waals surface area contributed by atoms with Gasteiger partial charge in [0.25, 0.3) is 0 Å². The van der Waals surface area contributed by atoms with Crippen LogP contribution in [0.2, 0.25) is 0 Å². The number of nitrogens with zero attached hydrogens (tertiary/aromatic N) is 3.